The van der Waals surface area contributed by atoms with Crippen LogP contribution in [-0.2, 0) is 24.3 Å². The predicted octanol–water partition coefficient (Wildman–Crippen LogP) is 2.59. The fourth-order valence-corrected chi connectivity index (χ4v) is 5.87. The Bertz CT molecular complexity index is 1060. The van der Waals surface area contributed by atoms with Gasteiger partial charge in [-0.2, -0.15) is 0 Å². The van der Waals surface area contributed by atoms with Crippen molar-refractivity contribution in [1.82, 2.24) is 5.32 Å². The van der Waals surface area contributed by atoms with E-state index >= 15 is 0 Å². The Morgan fingerprint density at radius 3 is 2.62 bits per heavy atom. The number of nitrogens with one attached hydrogen (secondary N) is 1. The smallest absolute Gasteiger partial charge is 0.327 e. The number of anilines is 1. The van der Waals surface area contributed by atoms with Crippen LogP contribution in [0.3, 0.4) is 0 Å². The van der Waals surface area contributed by atoms with E-state index in [2.05, 4.69) is 12.2 Å². The average Bonchev–Trinajstić information content (AvgIpc) is 2.92. The Morgan fingerprint density at radius 2 is 1.86 bits per heavy atom. The highest BCUT2D eigenvalue weighted by atomic mass is 32.2. The summed E-state index contributed by atoms with van der Waals surface area (Å²) >= 11 is 0. The van der Waals surface area contributed by atoms with Crippen LogP contribution in [0.5, 0.6) is 0 Å². The number of amides is 1. The Morgan fingerprint density at radius 1 is 1.14 bits per heavy atom. The highest BCUT2D eigenvalue weighted by Gasteiger charge is 2.37. The topological polar surface area (TPSA) is 92.8 Å². The molecule has 0 aromatic heterocycles. The molecule has 0 saturated heterocycles. The molecule has 2 aromatic rings. The molecular formula is C21H24N2O5S. The number of nitrogens with zero attached hydrogens (tertiary/aromatic N) is 1. The summed E-state index contributed by atoms with van der Waals surface area (Å²) in [4.78, 5) is 24.6. The van der Waals surface area contributed by atoms with Crippen LogP contribution < -0.4 is 9.62 Å². The first-order valence-electron chi connectivity index (χ1n) is 9.87. The van der Waals surface area contributed by atoms with Gasteiger partial charge in [-0.3, -0.25) is 13.9 Å². The summed E-state index contributed by atoms with van der Waals surface area (Å²) in [5, 5.41) is 4.31. The maximum absolute atomic E-state index is 12.9. The third-order valence-electron chi connectivity index (χ3n) is 5.78. The second-order valence-electron chi connectivity index (χ2n) is 7.74. The van der Waals surface area contributed by atoms with Gasteiger partial charge in [-0.1, -0.05) is 44.0 Å². The molecule has 7 nitrogen and oxygen atoms in total. The largest absolute Gasteiger partial charge is 0.454 e. The molecule has 2 aromatic carbocycles. The molecule has 1 saturated carbocycles. The van der Waals surface area contributed by atoms with Crippen LogP contribution in [0.2, 0.25) is 0 Å². The van der Waals surface area contributed by atoms with Gasteiger partial charge in [0.05, 0.1) is 10.6 Å². The second kappa shape index (κ2) is 7.67. The lowest BCUT2D eigenvalue weighted by Gasteiger charge is -2.29. The predicted molar refractivity (Wildman–Crippen MR) is 109 cm³/mol. The lowest BCUT2D eigenvalue weighted by Crippen LogP contribution is -2.43. The molecule has 0 spiro atoms. The van der Waals surface area contributed by atoms with Gasteiger partial charge in [-0.05, 0) is 36.3 Å². The van der Waals surface area contributed by atoms with Crippen LogP contribution in [0.15, 0.2) is 41.3 Å². The molecule has 4 rings (SSSR count). The van der Waals surface area contributed by atoms with Crippen molar-refractivity contribution < 1.29 is 22.7 Å². The molecule has 2 atom stereocenters. The summed E-state index contributed by atoms with van der Waals surface area (Å²) in [6.07, 6.45) is 4.24. The summed E-state index contributed by atoms with van der Waals surface area (Å²) < 4.78 is 31.9. The van der Waals surface area contributed by atoms with Crippen molar-refractivity contribution in [3.05, 3.63) is 36.4 Å². The van der Waals surface area contributed by atoms with E-state index in [1.807, 2.05) is 12.1 Å². The van der Waals surface area contributed by atoms with Crippen molar-refractivity contribution in [3.8, 4) is 0 Å². The summed E-state index contributed by atoms with van der Waals surface area (Å²) in [6, 6.07) is 10.4. The standard InChI is InChI=1S/C21H24N2O5S/c1-14-6-2-3-9-16(14)22-19(24)13-28-20(25)12-23-17-10-4-7-15-8-5-11-18(21(15)17)29(23,26)27/h4-5,7-8,10-11,14,16H,2-3,6,9,12-13H2,1H3,(H,22,24)/t14-,16+/m1/s1. The third-order valence-corrected chi connectivity index (χ3v) is 7.58. The number of esters is 1. The summed E-state index contributed by atoms with van der Waals surface area (Å²) in [7, 11) is -3.83. The van der Waals surface area contributed by atoms with Crippen molar-refractivity contribution in [2.24, 2.45) is 5.92 Å². The molecule has 8 heteroatoms. The van der Waals surface area contributed by atoms with Gasteiger partial charge in [-0.25, -0.2) is 8.42 Å². The zero-order valence-corrected chi connectivity index (χ0v) is 17.1. The van der Waals surface area contributed by atoms with Crippen LogP contribution in [-0.4, -0.2) is 39.5 Å². The van der Waals surface area contributed by atoms with Gasteiger partial charge in [0.25, 0.3) is 15.9 Å². The maximum Gasteiger partial charge on any atom is 0.327 e. The van der Waals surface area contributed by atoms with E-state index in [1.54, 1.807) is 18.2 Å². The SMILES string of the molecule is C[C@@H]1CCCC[C@@H]1NC(=O)COC(=O)CN1c2cccc3cccc(c23)S1(=O)=O. The Hall–Kier alpha value is -2.61. The fourth-order valence-electron chi connectivity index (χ4n) is 4.22. The molecule has 0 radical (unpaired) electrons. The number of hydrogen-bond donors (Lipinski definition) is 1. The zero-order chi connectivity index (χ0) is 20.6. The van der Waals surface area contributed by atoms with Gasteiger partial charge in [0.1, 0.15) is 6.54 Å². The van der Waals surface area contributed by atoms with E-state index in [0.717, 1.165) is 29.0 Å². The lowest BCUT2D eigenvalue weighted by atomic mass is 9.86. The molecule has 1 aliphatic heterocycles. The van der Waals surface area contributed by atoms with Crippen molar-refractivity contribution in [3.63, 3.8) is 0 Å². The minimum atomic E-state index is -3.83. The highest BCUT2D eigenvalue weighted by Crippen LogP contribution is 2.41. The van der Waals surface area contributed by atoms with E-state index in [-0.39, 0.29) is 16.8 Å². The van der Waals surface area contributed by atoms with Crippen LogP contribution in [0, 0.1) is 5.92 Å². The number of ether oxygens (including phenoxy) is 1. The number of benzene rings is 2. The maximum atomic E-state index is 12.9. The molecule has 1 fully saturated rings. The average molecular weight is 416 g/mol. The first-order chi connectivity index (χ1) is 13.9. The third kappa shape index (κ3) is 3.69. The molecule has 2 aliphatic rings. The van der Waals surface area contributed by atoms with Crippen LogP contribution in [0.25, 0.3) is 10.8 Å². The van der Waals surface area contributed by atoms with Crippen LogP contribution >= 0.6 is 0 Å². The number of rotatable bonds is 5. The van der Waals surface area contributed by atoms with Crippen molar-refractivity contribution in [1.29, 1.82) is 0 Å². The molecule has 1 N–H and O–H groups in total. The van der Waals surface area contributed by atoms with E-state index in [4.69, 9.17) is 4.74 Å². The number of carbonyl (C=O) groups is 2. The minimum Gasteiger partial charge on any atom is -0.454 e. The summed E-state index contributed by atoms with van der Waals surface area (Å²) in [6.45, 7) is 1.23. The van der Waals surface area contributed by atoms with Crippen molar-refractivity contribution in [2.45, 2.75) is 43.5 Å². The minimum absolute atomic E-state index is 0.0982. The van der Waals surface area contributed by atoms with Crippen LogP contribution in [0.1, 0.15) is 32.6 Å². The summed E-state index contributed by atoms with van der Waals surface area (Å²) in [5.41, 5.74) is 0.454. The van der Waals surface area contributed by atoms with Gasteiger partial charge in [0.15, 0.2) is 6.61 Å². The lowest BCUT2D eigenvalue weighted by molar-refractivity contribution is -0.147. The highest BCUT2D eigenvalue weighted by molar-refractivity contribution is 7.93. The normalized spacial score (nSPS) is 22.4. The van der Waals surface area contributed by atoms with Gasteiger partial charge < -0.3 is 10.1 Å². The molecule has 1 aliphatic carbocycles. The summed E-state index contributed by atoms with van der Waals surface area (Å²) in [5.74, 6) is -0.714. The monoisotopic (exact) mass is 416 g/mol. The second-order valence-corrected chi connectivity index (χ2v) is 9.57. The molecule has 0 bridgehead atoms. The number of hydrogen-bond acceptors (Lipinski definition) is 5. The zero-order valence-electron chi connectivity index (χ0n) is 16.3. The molecule has 0 unspecified atom stereocenters. The van der Waals surface area contributed by atoms with E-state index < -0.39 is 29.1 Å². The van der Waals surface area contributed by atoms with Crippen molar-refractivity contribution in [2.75, 3.05) is 17.5 Å². The van der Waals surface area contributed by atoms with Gasteiger partial charge in [-0.15, -0.1) is 0 Å². The van der Waals surface area contributed by atoms with E-state index in [1.165, 1.54) is 12.5 Å². The quantitative estimate of drug-likeness (QED) is 0.757. The molecule has 154 valence electrons. The Balaban J connectivity index is 1.40. The van der Waals surface area contributed by atoms with E-state index in [0.29, 0.717) is 17.0 Å². The number of carbonyl (C=O) groups excluding carboxylic acids is 2. The van der Waals surface area contributed by atoms with Gasteiger partial charge in [0, 0.05) is 11.4 Å². The van der Waals surface area contributed by atoms with Gasteiger partial charge in [0.2, 0.25) is 0 Å². The molecule has 1 heterocycles. The van der Waals surface area contributed by atoms with Crippen molar-refractivity contribution >= 4 is 38.4 Å². The Kier molecular flexibility index (Phi) is 5.21. The van der Waals surface area contributed by atoms with E-state index in [9.17, 15) is 18.0 Å². The number of sulfonamides is 1. The van der Waals surface area contributed by atoms with Gasteiger partial charge >= 0.3 is 5.97 Å². The molecular weight excluding hydrogens is 392 g/mol. The first kappa shape index (κ1) is 19.7. The van der Waals surface area contributed by atoms with Crippen LogP contribution in [0.4, 0.5) is 5.69 Å². The fraction of sp³-hybridized carbons (Fsp3) is 0.429. The molecule has 29 heavy (non-hydrogen) atoms. The first-order valence-corrected chi connectivity index (χ1v) is 11.3. The Labute approximate surface area is 170 Å². The molecule has 1 amide bonds.